The van der Waals surface area contributed by atoms with Gasteiger partial charge in [0.1, 0.15) is 5.69 Å². The Morgan fingerprint density at radius 1 is 1.30 bits per heavy atom. The average molecular weight is 313 g/mol. The van der Waals surface area contributed by atoms with E-state index in [2.05, 4.69) is 15.6 Å². The minimum absolute atomic E-state index is 0.263. The fourth-order valence-corrected chi connectivity index (χ4v) is 2.57. The number of nitrogens with zero attached hydrogens (tertiary/aromatic N) is 3. The number of aliphatic imine (C=N–C) groups is 1. The Hall–Kier alpha value is -2.83. The Kier molecular flexibility index (Phi) is 4.01. The molecule has 2 aromatic rings. The van der Waals surface area contributed by atoms with Crippen LogP contribution in [0.4, 0.5) is 5.69 Å². The van der Waals surface area contributed by atoms with Crippen LogP contribution in [0, 0.1) is 6.92 Å². The monoisotopic (exact) mass is 313 g/mol. The molecule has 120 valence electrons. The second kappa shape index (κ2) is 6.12. The standard InChI is InChI=1S/C16H19N5O2/c1-11-13(19-15(22)14-17-9-6-10-18-14)16(23)21(20(11)2)12-7-4-3-5-8-12/h3-5,7-8H,6,9-10H2,1-2H3,(H,17,18)(H,19,22). The molecule has 0 bridgehead atoms. The van der Waals surface area contributed by atoms with E-state index in [0.717, 1.165) is 12.1 Å². The molecule has 0 saturated carbocycles. The molecule has 23 heavy (non-hydrogen) atoms. The first-order chi connectivity index (χ1) is 11.1. The number of hydrogen-bond acceptors (Lipinski definition) is 4. The SMILES string of the molecule is Cc1c(NC(=O)C2=NCCCN2)c(=O)n(-c2ccccc2)n1C. The fraction of sp³-hybridized carbons (Fsp3) is 0.312. The van der Waals surface area contributed by atoms with Crippen LogP contribution in [-0.2, 0) is 11.8 Å². The van der Waals surface area contributed by atoms with Gasteiger partial charge in [-0.3, -0.25) is 19.3 Å². The number of benzene rings is 1. The summed E-state index contributed by atoms with van der Waals surface area (Å²) in [5.74, 6) is -0.0964. The van der Waals surface area contributed by atoms with Crippen LogP contribution in [-0.4, -0.2) is 34.2 Å². The van der Waals surface area contributed by atoms with E-state index in [-0.39, 0.29) is 23.0 Å². The van der Waals surface area contributed by atoms with E-state index < -0.39 is 0 Å². The van der Waals surface area contributed by atoms with Crippen LogP contribution in [0.25, 0.3) is 5.69 Å². The summed E-state index contributed by atoms with van der Waals surface area (Å²) in [5.41, 5.74) is 1.44. The highest BCUT2D eigenvalue weighted by molar-refractivity contribution is 6.42. The summed E-state index contributed by atoms with van der Waals surface area (Å²) in [6.07, 6.45) is 0.905. The smallest absolute Gasteiger partial charge is 0.295 e. The number of aromatic nitrogens is 2. The Bertz CT molecular complexity index is 817. The minimum Gasteiger partial charge on any atom is -0.366 e. The predicted molar refractivity (Wildman–Crippen MR) is 89.3 cm³/mol. The molecule has 0 radical (unpaired) electrons. The summed E-state index contributed by atoms with van der Waals surface area (Å²) in [4.78, 5) is 29.1. The Morgan fingerprint density at radius 2 is 2.04 bits per heavy atom. The topological polar surface area (TPSA) is 80.4 Å². The third-order valence-corrected chi connectivity index (χ3v) is 3.91. The Labute approximate surface area is 133 Å². The number of anilines is 1. The summed E-state index contributed by atoms with van der Waals surface area (Å²) in [6.45, 7) is 3.14. The van der Waals surface area contributed by atoms with Crippen LogP contribution in [0.5, 0.6) is 0 Å². The van der Waals surface area contributed by atoms with Crippen molar-refractivity contribution < 1.29 is 4.79 Å². The number of amides is 1. The zero-order valence-electron chi connectivity index (χ0n) is 13.2. The molecule has 0 aliphatic carbocycles. The van der Waals surface area contributed by atoms with Gasteiger partial charge in [-0.25, -0.2) is 4.68 Å². The van der Waals surface area contributed by atoms with Gasteiger partial charge in [-0.2, -0.15) is 0 Å². The third-order valence-electron chi connectivity index (χ3n) is 3.91. The molecule has 1 amide bonds. The van der Waals surface area contributed by atoms with E-state index in [1.165, 1.54) is 4.68 Å². The van der Waals surface area contributed by atoms with Crippen molar-refractivity contribution in [1.82, 2.24) is 14.7 Å². The average Bonchev–Trinajstić information content (AvgIpc) is 2.80. The minimum atomic E-state index is -0.379. The maximum atomic E-state index is 12.7. The number of para-hydroxylation sites is 1. The van der Waals surface area contributed by atoms with Crippen LogP contribution < -0.4 is 16.2 Å². The lowest BCUT2D eigenvalue weighted by Gasteiger charge is -2.13. The molecule has 2 N–H and O–H groups in total. The van der Waals surface area contributed by atoms with Gasteiger partial charge >= 0.3 is 0 Å². The lowest BCUT2D eigenvalue weighted by molar-refractivity contribution is -0.110. The van der Waals surface area contributed by atoms with Gasteiger partial charge < -0.3 is 10.6 Å². The number of hydrogen-bond donors (Lipinski definition) is 2. The molecule has 7 heteroatoms. The van der Waals surface area contributed by atoms with Crippen molar-refractivity contribution in [3.05, 3.63) is 46.4 Å². The fourth-order valence-electron chi connectivity index (χ4n) is 2.57. The Balaban J connectivity index is 1.96. The van der Waals surface area contributed by atoms with Gasteiger partial charge in [-0.1, -0.05) is 18.2 Å². The first-order valence-electron chi connectivity index (χ1n) is 7.53. The molecule has 0 atom stereocenters. The highest BCUT2D eigenvalue weighted by Crippen LogP contribution is 2.13. The molecule has 0 spiro atoms. The quantitative estimate of drug-likeness (QED) is 0.880. The van der Waals surface area contributed by atoms with Crippen LogP contribution in [0.3, 0.4) is 0 Å². The van der Waals surface area contributed by atoms with Crippen LogP contribution in [0.2, 0.25) is 0 Å². The van der Waals surface area contributed by atoms with Crippen molar-refractivity contribution in [2.45, 2.75) is 13.3 Å². The van der Waals surface area contributed by atoms with Crippen LogP contribution in [0.1, 0.15) is 12.1 Å². The summed E-state index contributed by atoms with van der Waals surface area (Å²) in [6, 6.07) is 9.31. The van der Waals surface area contributed by atoms with Gasteiger partial charge in [0.25, 0.3) is 11.5 Å². The van der Waals surface area contributed by atoms with Crippen molar-refractivity contribution in [1.29, 1.82) is 0 Å². The summed E-state index contributed by atoms with van der Waals surface area (Å²) in [7, 11) is 1.79. The third kappa shape index (κ3) is 2.77. The van der Waals surface area contributed by atoms with E-state index in [4.69, 9.17) is 0 Å². The molecule has 3 rings (SSSR count). The first-order valence-corrected chi connectivity index (χ1v) is 7.53. The first kappa shape index (κ1) is 15.1. The van der Waals surface area contributed by atoms with Gasteiger partial charge in [0.2, 0.25) is 0 Å². The molecule has 7 nitrogen and oxygen atoms in total. The van der Waals surface area contributed by atoms with Gasteiger partial charge in [0.15, 0.2) is 5.84 Å². The van der Waals surface area contributed by atoms with Gasteiger partial charge in [0, 0.05) is 20.1 Å². The predicted octanol–water partition coefficient (Wildman–Crippen LogP) is 0.815. The normalized spacial score (nSPS) is 14.1. The highest BCUT2D eigenvalue weighted by atomic mass is 16.2. The van der Waals surface area contributed by atoms with Crippen LogP contribution >= 0.6 is 0 Å². The van der Waals surface area contributed by atoms with E-state index >= 15 is 0 Å². The molecule has 1 aromatic carbocycles. The second-order valence-corrected chi connectivity index (χ2v) is 5.40. The van der Waals surface area contributed by atoms with Gasteiger partial charge in [-0.15, -0.1) is 0 Å². The zero-order chi connectivity index (χ0) is 16.4. The summed E-state index contributed by atoms with van der Waals surface area (Å²) in [5, 5.41) is 5.65. The molecule has 0 saturated heterocycles. The molecule has 1 aliphatic heterocycles. The number of nitrogens with one attached hydrogen (secondary N) is 2. The molecular weight excluding hydrogens is 294 g/mol. The number of amidine groups is 1. The lowest BCUT2D eigenvalue weighted by Crippen LogP contribution is -2.40. The summed E-state index contributed by atoms with van der Waals surface area (Å²) >= 11 is 0. The molecule has 2 heterocycles. The van der Waals surface area contributed by atoms with Crippen LogP contribution in [0.15, 0.2) is 40.1 Å². The maximum Gasteiger partial charge on any atom is 0.295 e. The number of carbonyl (C=O) groups excluding carboxylic acids is 1. The van der Waals surface area contributed by atoms with Gasteiger partial charge in [-0.05, 0) is 25.5 Å². The number of carbonyl (C=O) groups is 1. The van der Waals surface area contributed by atoms with Crippen molar-refractivity contribution in [3.8, 4) is 5.69 Å². The lowest BCUT2D eigenvalue weighted by atomic mass is 10.3. The zero-order valence-corrected chi connectivity index (χ0v) is 13.2. The molecule has 0 unspecified atom stereocenters. The maximum absolute atomic E-state index is 12.7. The van der Waals surface area contributed by atoms with Crippen molar-refractivity contribution in [3.63, 3.8) is 0 Å². The number of rotatable bonds is 3. The van der Waals surface area contributed by atoms with Crippen molar-refractivity contribution in [2.75, 3.05) is 18.4 Å². The van der Waals surface area contributed by atoms with Crippen molar-refractivity contribution in [2.24, 2.45) is 12.0 Å². The highest BCUT2D eigenvalue weighted by Gasteiger charge is 2.21. The molecule has 1 aromatic heterocycles. The second-order valence-electron chi connectivity index (χ2n) is 5.40. The Morgan fingerprint density at radius 3 is 2.70 bits per heavy atom. The van der Waals surface area contributed by atoms with E-state index in [1.54, 1.807) is 18.7 Å². The van der Waals surface area contributed by atoms with E-state index in [9.17, 15) is 9.59 Å². The molecule has 1 aliphatic rings. The largest absolute Gasteiger partial charge is 0.366 e. The van der Waals surface area contributed by atoms with E-state index in [1.807, 2.05) is 30.3 Å². The summed E-state index contributed by atoms with van der Waals surface area (Å²) < 4.78 is 3.25. The molecular formula is C16H19N5O2. The van der Waals surface area contributed by atoms with Gasteiger partial charge in [0.05, 0.1) is 11.4 Å². The molecule has 0 fully saturated rings. The van der Waals surface area contributed by atoms with E-state index in [0.29, 0.717) is 18.8 Å². The van der Waals surface area contributed by atoms with Crippen molar-refractivity contribution >= 4 is 17.4 Å².